The van der Waals surface area contributed by atoms with E-state index in [9.17, 15) is 0 Å². The summed E-state index contributed by atoms with van der Waals surface area (Å²) < 4.78 is 5.52. The van der Waals surface area contributed by atoms with E-state index in [1.54, 1.807) is 0 Å². The van der Waals surface area contributed by atoms with Crippen LogP contribution in [0, 0.1) is 0 Å². The molecule has 0 unspecified atom stereocenters. The summed E-state index contributed by atoms with van der Waals surface area (Å²) in [6, 6.07) is 18.8. The van der Waals surface area contributed by atoms with Crippen LogP contribution in [0.4, 0.5) is 0 Å². The van der Waals surface area contributed by atoms with Crippen molar-refractivity contribution in [1.29, 1.82) is 0 Å². The van der Waals surface area contributed by atoms with Crippen molar-refractivity contribution < 1.29 is 4.74 Å². The standard InChI is InChI=1S/C16H19NO/c17-11-12-18-16-8-4-7-15(13-16)10-9-14-5-2-1-3-6-14/h1-8,13H,9-12,17H2. The van der Waals surface area contributed by atoms with E-state index in [4.69, 9.17) is 10.5 Å². The van der Waals surface area contributed by atoms with Crippen LogP contribution in [0.2, 0.25) is 0 Å². The highest BCUT2D eigenvalue weighted by atomic mass is 16.5. The predicted octanol–water partition coefficient (Wildman–Crippen LogP) is 2.81. The molecular weight excluding hydrogens is 222 g/mol. The highest BCUT2D eigenvalue weighted by molar-refractivity contribution is 5.29. The van der Waals surface area contributed by atoms with Crippen molar-refractivity contribution in [2.75, 3.05) is 13.2 Å². The molecule has 18 heavy (non-hydrogen) atoms. The van der Waals surface area contributed by atoms with E-state index >= 15 is 0 Å². The summed E-state index contributed by atoms with van der Waals surface area (Å²) in [5.74, 6) is 0.908. The van der Waals surface area contributed by atoms with Crippen molar-refractivity contribution in [3.63, 3.8) is 0 Å². The van der Waals surface area contributed by atoms with Gasteiger partial charge in [-0.2, -0.15) is 0 Å². The zero-order valence-corrected chi connectivity index (χ0v) is 10.5. The maximum Gasteiger partial charge on any atom is 0.119 e. The molecule has 0 aliphatic heterocycles. The smallest absolute Gasteiger partial charge is 0.119 e. The first-order valence-corrected chi connectivity index (χ1v) is 6.34. The zero-order valence-electron chi connectivity index (χ0n) is 10.5. The van der Waals surface area contributed by atoms with Gasteiger partial charge >= 0.3 is 0 Å². The van der Waals surface area contributed by atoms with Gasteiger partial charge in [0, 0.05) is 6.54 Å². The minimum atomic E-state index is 0.550. The lowest BCUT2D eigenvalue weighted by Crippen LogP contribution is -2.10. The first kappa shape index (κ1) is 12.7. The molecule has 0 bridgehead atoms. The molecule has 0 heterocycles. The molecule has 0 aliphatic carbocycles. The van der Waals surface area contributed by atoms with Gasteiger partial charge in [-0.15, -0.1) is 0 Å². The molecule has 2 rings (SSSR count). The van der Waals surface area contributed by atoms with Crippen molar-refractivity contribution in [3.8, 4) is 5.75 Å². The van der Waals surface area contributed by atoms with Crippen LogP contribution < -0.4 is 10.5 Å². The lowest BCUT2D eigenvalue weighted by atomic mass is 10.0. The quantitative estimate of drug-likeness (QED) is 0.844. The average Bonchev–Trinajstić information content (AvgIpc) is 2.44. The van der Waals surface area contributed by atoms with E-state index in [0.717, 1.165) is 18.6 Å². The Balaban J connectivity index is 1.93. The lowest BCUT2D eigenvalue weighted by molar-refractivity contribution is 0.328. The van der Waals surface area contributed by atoms with Crippen molar-refractivity contribution in [3.05, 3.63) is 65.7 Å². The molecule has 0 atom stereocenters. The van der Waals surface area contributed by atoms with E-state index < -0.39 is 0 Å². The first-order valence-electron chi connectivity index (χ1n) is 6.34. The van der Waals surface area contributed by atoms with Crippen LogP contribution in [0.15, 0.2) is 54.6 Å². The van der Waals surface area contributed by atoms with Crippen LogP contribution in [0.3, 0.4) is 0 Å². The fraction of sp³-hybridized carbons (Fsp3) is 0.250. The van der Waals surface area contributed by atoms with E-state index in [1.165, 1.54) is 11.1 Å². The van der Waals surface area contributed by atoms with Crippen LogP contribution in [-0.2, 0) is 12.8 Å². The fourth-order valence-electron chi connectivity index (χ4n) is 1.90. The summed E-state index contributed by atoms with van der Waals surface area (Å²) in [5, 5.41) is 0. The SMILES string of the molecule is NCCOc1cccc(CCc2ccccc2)c1. The van der Waals surface area contributed by atoms with Crippen molar-refractivity contribution in [2.45, 2.75) is 12.8 Å². The Bertz CT molecular complexity index is 468. The van der Waals surface area contributed by atoms with Crippen LogP contribution in [0.1, 0.15) is 11.1 Å². The van der Waals surface area contributed by atoms with Crippen molar-refractivity contribution in [1.82, 2.24) is 0 Å². The molecule has 2 aromatic carbocycles. The van der Waals surface area contributed by atoms with E-state index in [-0.39, 0.29) is 0 Å². The molecule has 0 saturated heterocycles. The molecule has 0 saturated carbocycles. The summed E-state index contributed by atoms with van der Waals surface area (Å²) in [5.41, 5.74) is 8.09. The number of hydrogen-bond acceptors (Lipinski definition) is 2. The Morgan fingerprint density at radius 3 is 2.33 bits per heavy atom. The van der Waals surface area contributed by atoms with Gasteiger partial charge in [0.05, 0.1) is 0 Å². The molecular formula is C16H19NO. The number of rotatable bonds is 6. The Morgan fingerprint density at radius 1 is 0.833 bits per heavy atom. The lowest BCUT2D eigenvalue weighted by Gasteiger charge is -2.07. The molecule has 2 nitrogen and oxygen atoms in total. The number of ether oxygens (including phenoxy) is 1. The second-order valence-electron chi connectivity index (χ2n) is 4.27. The third kappa shape index (κ3) is 3.90. The third-order valence-electron chi connectivity index (χ3n) is 2.83. The number of aryl methyl sites for hydroxylation is 2. The second-order valence-corrected chi connectivity index (χ2v) is 4.27. The Labute approximate surface area is 108 Å². The van der Waals surface area contributed by atoms with Gasteiger partial charge in [-0.25, -0.2) is 0 Å². The van der Waals surface area contributed by atoms with Crippen LogP contribution in [-0.4, -0.2) is 13.2 Å². The van der Waals surface area contributed by atoms with Gasteiger partial charge in [0.1, 0.15) is 12.4 Å². The molecule has 94 valence electrons. The van der Waals surface area contributed by atoms with E-state index in [1.807, 2.05) is 18.2 Å². The highest BCUT2D eigenvalue weighted by Crippen LogP contribution is 2.15. The molecule has 2 N–H and O–H groups in total. The Kier molecular flexibility index (Phi) is 4.79. The molecule has 0 aromatic heterocycles. The van der Waals surface area contributed by atoms with Gasteiger partial charge in [0.2, 0.25) is 0 Å². The van der Waals surface area contributed by atoms with Gasteiger partial charge in [0.25, 0.3) is 0 Å². The molecule has 2 aromatic rings. The topological polar surface area (TPSA) is 35.2 Å². The maximum absolute atomic E-state index is 5.52. The average molecular weight is 241 g/mol. The van der Waals surface area contributed by atoms with Gasteiger partial charge < -0.3 is 10.5 Å². The van der Waals surface area contributed by atoms with Crippen molar-refractivity contribution in [2.24, 2.45) is 5.73 Å². The van der Waals surface area contributed by atoms with Gasteiger partial charge in [-0.1, -0.05) is 42.5 Å². The zero-order chi connectivity index (χ0) is 12.6. The van der Waals surface area contributed by atoms with Gasteiger partial charge in [-0.05, 0) is 36.1 Å². The fourth-order valence-corrected chi connectivity index (χ4v) is 1.90. The predicted molar refractivity (Wildman–Crippen MR) is 74.8 cm³/mol. The monoisotopic (exact) mass is 241 g/mol. The largest absolute Gasteiger partial charge is 0.492 e. The highest BCUT2D eigenvalue weighted by Gasteiger charge is 1.98. The minimum Gasteiger partial charge on any atom is -0.492 e. The number of hydrogen-bond donors (Lipinski definition) is 1. The van der Waals surface area contributed by atoms with E-state index in [2.05, 4.69) is 36.4 Å². The first-order chi connectivity index (χ1) is 8.88. The molecule has 0 aliphatic rings. The Morgan fingerprint density at radius 2 is 1.56 bits per heavy atom. The molecule has 0 fully saturated rings. The Hall–Kier alpha value is -1.80. The van der Waals surface area contributed by atoms with Crippen LogP contribution in [0.5, 0.6) is 5.75 Å². The molecule has 0 amide bonds. The molecule has 0 spiro atoms. The third-order valence-corrected chi connectivity index (χ3v) is 2.83. The summed E-state index contributed by atoms with van der Waals surface area (Å²) >= 11 is 0. The molecule has 2 heteroatoms. The van der Waals surface area contributed by atoms with Crippen LogP contribution in [0.25, 0.3) is 0 Å². The number of nitrogens with two attached hydrogens (primary N) is 1. The second kappa shape index (κ2) is 6.82. The molecule has 0 radical (unpaired) electrons. The van der Waals surface area contributed by atoms with Gasteiger partial charge in [0.15, 0.2) is 0 Å². The van der Waals surface area contributed by atoms with E-state index in [0.29, 0.717) is 13.2 Å². The van der Waals surface area contributed by atoms with Gasteiger partial charge in [-0.3, -0.25) is 0 Å². The van der Waals surface area contributed by atoms with Crippen molar-refractivity contribution >= 4 is 0 Å². The summed E-state index contributed by atoms with van der Waals surface area (Å²) in [7, 11) is 0. The summed E-state index contributed by atoms with van der Waals surface area (Å²) in [6.07, 6.45) is 2.09. The van der Waals surface area contributed by atoms with Crippen LogP contribution >= 0.6 is 0 Å². The minimum absolute atomic E-state index is 0.550. The maximum atomic E-state index is 5.52. The normalized spacial score (nSPS) is 10.3. The number of benzene rings is 2. The summed E-state index contributed by atoms with van der Waals surface area (Å²) in [4.78, 5) is 0. The summed E-state index contributed by atoms with van der Waals surface area (Å²) in [6.45, 7) is 1.12.